The topological polar surface area (TPSA) is 92.7 Å². The molecule has 2 unspecified atom stereocenters. The van der Waals surface area contributed by atoms with Gasteiger partial charge in [0.1, 0.15) is 4.90 Å². The van der Waals surface area contributed by atoms with Crippen molar-refractivity contribution in [3.05, 3.63) is 27.7 Å². The molecule has 9 heteroatoms. The van der Waals surface area contributed by atoms with Crippen LogP contribution in [0.4, 0.5) is 0 Å². The zero-order chi connectivity index (χ0) is 14.9. The van der Waals surface area contributed by atoms with Crippen molar-refractivity contribution in [2.75, 3.05) is 13.2 Å². The number of carbonyl (C=O) groups is 1. The van der Waals surface area contributed by atoms with Crippen LogP contribution in [0.15, 0.2) is 27.6 Å². The van der Waals surface area contributed by atoms with Crippen LogP contribution in [-0.4, -0.2) is 38.7 Å². The maximum atomic E-state index is 12.2. The first-order valence-electron chi connectivity index (χ1n) is 5.59. The van der Waals surface area contributed by atoms with E-state index in [1.165, 1.54) is 12.1 Å². The SMILES string of the molecule is O=C(O)C1COCC1NS(=O)(=O)c1ccc(Br)cc1Cl. The number of hydrogen-bond acceptors (Lipinski definition) is 4. The van der Waals surface area contributed by atoms with Crippen LogP contribution >= 0.6 is 27.5 Å². The number of nitrogens with one attached hydrogen (secondary N) is 1. The minimum absolute atomic E-state index is 0.0173. The Morgan fingerprint density at radius 2 is 2.15 bits per heavy atom. The lowest BCUT2D eigenvalue weighted by Gasteiger charge is -2.16. The van der Waals surface area contributed by atoms with Gasteiger partial charge in [0.2, 0.25) is 10.0 Å². The molecule has 1 saturated heterocycles. The molecule has 2 rings (SSSR count). The summed E-state index contributed by atoms with van der Waals surface area (Å²) in [6, 6.07) is 3.54. The van der Waals surface area contributed by atoms with Gasteiger partial charge in [0.25, 0.3) is 0 Å². The molecule has 0 aliphatic carbocycles. The van der Waals surface area contributed by atoms with Gasteiger partial charge in [-0.05, 0) is 18.2 Å². The van der Waals surface area contributed by atoms with E-state index in [1.807, 2.05) is 0 Å². The standard InChI is InChI=1S/C11H11BrClNO5S/c12-6-1-2-10(8(13)3-6)20(17,18)14-9-5-19-4-7(9)11(15)16/h1-3,7,9,14H,4-5H2,(H,15,16). The summed E-state index contributed by atoms with van der Waals surface area (Å²) in [5.74, 6) is -2.00. The lowest BCUT2D eigenvalue weighted by atomic mass is 10.1. The number of hydrogen-bond donors (Lipinski definition) is 2. The predicted octanol–water partition coefficient (Wildman–Crippen LogP) is 1.48. The van der Waals surface area contributed by atoms with Gasteiger partial charge in [0.05, 0.1) is 30.2 Å². The molecule has 0 spiro atoms. The molecule has 1 fully saturated rings. The molecule has 2 atom stereocenters. The summed E-state index contributed by atoms with van der Waals surface area (Å²) < 4.78 is 32.4. The first-order valence-corrected chi connectivity index (χ1v) is 8.24. The molecule has 0 bridgehead atoms. The molecule has 0 aromatic heterocycles. The van der Waals surface area contributed by atoms with E-state index in [4.69, 9.17) is 21.4 Å². The molecule has 1 aliphatic rings. The van der Waals surface area contributed by atoms with Crippen molar-refractivity contribution < 1.29 is 23.1 Å². The largest absolute Gasteiger partial charge is 0.481 e. The highest BCUT2D eigenvalue weighted by Crippen LogP contribution is 2.26. The number of rotatable bonds is 4. The number of ether oxygens (including phenoxy) is 1. The molecule has 1 heterocycles. The zero-order valence-electron chi connectivity index (χ0n) is 10.0. The molecule has 2 N–H and O–H groups in total. The predicted molar refractivity (Wildman–Crippen MR) is 75.2 cm³/mol. The monoisotopic (exact) mass is 383 g/mol. The second-order valence-corrected chi connectivity index (χ2v) is 7.29. The highest BCUT2D eigenvalue weighted by Gasteiger charge is 2.37. The fourth-order valence-electron chi connectivity index (χ4n) is 1.87. The van der Waals surface area contributed by atoms with Gasteiger partial charge in [-0.15, -0.1) is 0 Å². The summed E-state index contributed by atoms with van der Waals surface area (Å²) in [6.07, 6.45) is 0. The van der Waals surface area contributed by atoms with Crippen LogP contribution in [0.2, 0.25) is 5.02 Å². The van der Waals surface area contributed by atoms with Crippen molar-refractivity contribution in [3.8, 4) is 0 Å². The van der Waals surface area contributed by atoms with Gasteiger partial charge in [-0.1, -0.05) is 27.5 Å². The van der Waals surface area contributed by atoms with Crippen molar-refractivity contribution in [3.63, 3.8) is 0 Å². The van der Waals surface area contributed by atoms with Crippen molar-refractivity contribution in [1.82, 2.24) is 4.72 Å². The molecule has 6 nitrogen and oxygen atoms in total. The molecule has 1 aliphatic heterocycles. The lowest BCUT2D eigenvalue weighted by molar-refractivity contribution is -0.142. The van der Waals surface area contributed by atoms with Crippen molar-refractivity contribution >= 4 is 43.5 Å². The van der Waals surface area contributed by atoms with E-state index in [-0.39, 0.29) is 23.1 Å². The molecule has 0 saturated carbocycles. The van der Waals surface area contributed by atoms with Crippen molar-refractivity contribution in [2.45, 2.75) is 10.9 Å². The van der Waals surface area contributed by atoms with Gasteiger partial charge in [0.15, 0.2) is 0 Å². The van der Waals surface area contributed by atoms with Crippen LogP contribution in [-0.2, 0) is 19.6 Å². The van der Waals surface area contributed by atoms with Gasteiger partial charge >= 0.3 is 5.97 Å². The Kier molecular flexibility index (Phi) is 4.70. The first kappa shape index (κ1) is 15.7. The Labute approximate surface area is 129 Å². The van der Waals surface area contributed by atoms with E-state index >= 15 is 0 Å². The minimum atomic E-state index is -3.90. The minimum Gasteiger partial charge on any atom is -0.481 e. The van der Waals surface area contributed by atoms with Crippen LogP contribution in [0.1, 0.15) is 0 Å². The third-order valence-corrected chi connectivity index (χ3v) is 5.35. The summed E-state index contributed by atoms with van der Waals surface area (Å²) in [4.78, 5) is 10.9. The van der Waals surface area contributed by atoms with Crippen LogP contribution in [0.25, 0.3) is 0 Å². The van der Waals surface area contributed by atoms with E-state index in [1.54, 1.807) is 6.07 Å². The fourth-order valence-corrected chi connectivity index (χ4v) is 4.17. The van der Waals surface area contributed by atoms with Crippen LogP contribution in [0.3, 0.4) is 0 Å². The van der Waals surface area contributed by atoms with Gasteiger partial charge in [-0.25, -0.2) is 13.1 Å². The summed E-state index contributed by atoms with van der Waals surface area (Å²) in [5, 5.41) is 9.05. The Morgan fingerprint density at radius 3 is 2.75 bits per heavy atom. The fraction of sp³-hybridized carbons (Fsp3) is 0.364. The average molecular weight is 385 g/mol. The number of carboxylic acid groups (broad SMARTS) is 1. The second-order valence-electron chi connectivity index (χ2n) is 4.28. The van der Waals surface area contributed by atoms with Crippen LogP contribution < -0.4 is 4.72 Å². The molecule has 20 heavy (non-hydrogen) atoms. The summed E-state index contributed by atoms with van der Waals surface area (Å²) in [6.45, 7) is 0.000926. The van der Waals surface area contributed by atoms with E-state index in [0.29, 0.717) is 4.47 Å². The van der Waals surface area contributed by atoms with Crippen LogP contribution in [0, 0.1) is 5.92 Å². The Hall–Kier alpha value is -0.670. The first-order chi connectivity index (χ1) is 9.31. The van der Waals surface area contributed by atoms with Crippen LogP contribution in [0.5, 0.6) is 0 Å². The Bertz CT molecular complexity index is 636. The average Bonchev–Trinajstić information content (AvgIpc) is 2.75. The Balaban J connectivity index is 2.25. The summed E-state index contributed by atoms with van der Waals surface area (Å²) in [5.41, 5.74) is 0. The van der Waals surface area contributed by atoms with E-state index in [0.717, 1.165) is 0 Å². The van der Waals surface area contributed by atoms with Gasteiger partial charge in [0, 0.05) is 4.47 Å². The lowest BCUT2D eigenvalue weighted by Crippen LogP contribution is -2.42. The molecule has 1 aromatic rings. The molecule has 1 aromatic carbocycles. The van der Waals surface area contributed by atoms with Gasteiger partial charge < -0.3 is 9.84 Å². The van der Waals surface area contributed by atoms with Gasteiger partial charge in [-0.2, -0.15) is 0 Å². The van der Waals surface area contributed by atoms with Crippen molar-refractivity contribution in [2.24, 2.45) is 5.92 Å². The van der Waals surface area contributed by atoms with Gasteiger partial charge in [-0.3, -0.25) is 4.79 Å². The van der Waals surface area contributed by atoms with Crippen molar-refractivity contribution in [1.29, 1.82) is 0 Å². The van der Waals surface area contributed by atoms with E-state index in [2.05, 4.69) is 20.7 Å². The quantitative estimate of drug-likeness (QED) is 0.820. The number of sulfonamides is 1. The number of halogens is 2. The molecule has 0 amide bonds. The zero-order valence-corrected chi connectivity index (χ0v) is 13.2. The molecular formula is C11H11BrClNO5S. The number of aliphatic carboxylic acids is 1. The normalized spacial score (nSPS) is 22.9. The molecule has 110 valence electrons. The highest BCUT2D eigenvalue weighted by molar-refractivity contribution is 9.10. The third kappa shape index (κ3) is 3.32. The maximum Gasteiger partial charge on any atom is 0.310 e. The number of benzene rings is 1. The third-order valence-electron chi connectivity index (χ3n) is 2.89. The maximum absolute atomic E-state index is 12.2. The van der Waals surface area contributed by atoms with E-state index < -0.39 is 28.0 Å². The second kappa shape index (κ2) is 5.98. The molecule has 0 radical (unpaired) electrons. The molecular weight excluding hydrogens is 374 g/mol. The Morgan fingerprint density at radius 1 is 1.45 bits per heavy atom. The summed E-state index contributed by atoms with van der Waals surface area (Å²) in [7, 11) is -3.90. The summed E-state index contributed by atoms with van der Waals surface area (Å²) >= 11 is 9.08. The number of carboxylic acids is 1. The smallest absolute Gasteiger partial charge is 0.310 e. The van der Waals surface area contributed by atoms with E-state index in [9.17, 15) is 13.2 Å². The highest BCUT2D eigenvalue weighted by atomic mass is 79.9.